The highest BCUT2D eigenvalue weighted by Crippen LogP contribution is 2.22. The van der Waals surface area contributed by atoms with Gasteiger partial charge < -0.3 is 5.32 Å². The van der Waals surface area contributed by atoms with E-state index in [-0.39, 0.29) is 6.04 Å². The molecule has 0 amide bonds. The van der Waals surface area contributed by atoms with Gasteiger partial charge in [-0.05, 0) is 54.4 Å². The summed E-state index contributed by atoms with van der Waals surface area (Å²) in [6.45, 7) is 7.92. The van der Waals surface area contributed by atoms with Gasteiger partial charge in [-0.2, -0.15) is 5.10 Å². The van der Waals surface area contributed by atoms with Gasteiger partial charge in [0.15, 0.2) is 0 Å². The number of halogens is 2. The third kappa shape index (κ3) is 3.43. The standard InChI is InChI=1S/C15H19BrClN3/c1-4-20-14(15(16)11(3)19-20)9-18-10(2)12-5-7-13(17)8-6-12/h5-8,10,18H,4,9H2,1-3H3/t10-/m0/s1. The van der Waals surface area contributed by atoms with E-state index in [0.717, 1.165) is 28.3 Å². The average molecular weight is 357 g/mol. The fourth-order valence-electron chi connectivity index (χ4n) is 2.16. The largest absolute Gasteiger partial charge is 0.305 e. The molecule has 0 aliphatic carbocycles. The maximum atomic E-state index is 5.91. The summed E-state index contributed by atoms with van der Waals surface area (Å²) >= 11 is 9.53. The number of nitrogens with one attached hydrogen (secondary N) is 1. The van der Waals surface area contributed by atoms with Gasteiger partial charge >= 0.3 is 0 Å². The summed E-state index contributed by atoms with van der Waals surface area (Å²) in [5, 5.41) is 8.80. The number of benzene rings is 1. The normalized spacial score (nSPS) is 12.7. The van der Waals surface area contributed by atoms with Gasteiger partial charge in [0.05, 0.1) is 15.9 Å². The lowest BCUT2D eigenvalue weighted by Crippen LogP contribution is -2.20. The Bertz CT molecular complexity index is 578. The van der Waals surface area contributed by atoms with E-state index >= 15 is 0 Å². The smallest absolute Gasteiger partial charge is 0.0739 e. The van der Waals surface area contributed by atoms with Gasteiger partial charge in [0.25, 0.3) is 0 Å². The van der Waals surface area contributed by atoms with Crippen molar-refractivity contribution in [2.45, 2.75) is 39.9 Å². The Balaban J connectivity index is 2.07. The van der Waals surface area contributed by atoms with E-state index in [1.807, 2.05) is 23.7 Å². The van der Waals surface area contributed by atoms with Crippen molar-refractivity contribution in [2.75, 3.05) is 0 Å². The molecule has 2 aromatic rings. The zero-order chi connectivity index (χ0) is 14.7. The minimum absolute atomic E-state index is 0.264. The van der Waals surface area contributed by atoms with Crippen molar-refractivity contribution in [3.63, 3.8) is 0 Å². The molecule has 5 heteroatoms. The fourth-order valence-corrected chi connectivity index (χ4v) is 2.71. The maximum Gasteiger partial charge on any atom is 0.0739 e. The molecule has 0 aliphatic rings. The SMILES string of the molecule is CCn1nc(C)c(Br)c1CN[C@@H](C)c1ccc(Cl)cc1. The van der Waals surface area contributed by atoms with E-state index in [0.29, 0.717) is 0 Å². The molecule has 1 aromatic heterocycles. The predicted octanol–water partition coefficient (Wildman–Crippen LogP) is 4.48. The van der Waals surface area contributed by atoms with Crippen molar-refractivity contribution < 1.29 is 0 Å². The van der Waals surface area contributed by atoms with E-state index in [1.165, 1.54) is 11.3 Å². The van der Waals surface area contributed by atoms with E-state index in [2.05, 4.69) is 52.3 Å². The lowest BCUT2D eigenvalue weighted by atomic mass is 10.1. The Hall–Kier alpha value is -0.840. The first-order valence-corrected chi connectivity index (χ1v) is 7.90. The average Bonchev–Trinajstić information content (AvgIpc) is 2.72. The molecule has 3 nitrogen and oxygen atoms in total. The first-order valence-electron chi connectivity index (χ1n) is 6.73. The Kier molecular flexibility index (Phi) is 5.24. The highest BCUT2D eigenvalue weighted by molar-refractivity contribution is 9.10. The summed E-state index contributed by atoms with van der Waals surface area (Å²) in [6, 6.07) is 8.21. The summed E-state index contributed by atoms with van der Waals surface area (Å²) in [4.78, 5) is 0. The summed E-state index contributed by atoms with van der Waals surface area (Å²) in [5.41, 5.74) is 3.44. The molecule has 1 N–H and O–H groups in total. The van der Waals surface area contributed by atoms with Gasteiger partial charge in [-0.15, -0.1) is 0 Å². The van der Waals surface area contributed by atoms with Crippen LogP contribution in [0.1, 0.15) is 36.8 Å². The van der Waals surface area contributed by atoms with Crippen LogP contribution in [0.25, 0.3) is 0 Å². The monoisotopic (exact) mass is 355 g/mol. The van der Waals surface area contributed by atoms with Crippen molar-refractivity contribution in [2.24, 2.45) is 0 Å². The van der Waals surface area contributed by atoms with Gasteiger partial charge in [-0.3, -0.25) is 4.68 Å². The first kappa shape index (κ1) is 15.5. The molecule has 0 bridgehead atoms. The zero-order valence-electron chi connectivity index (χ0n) is 12.0. The predicted molar refractivity (Wildman–Crippen MR) is 87.0 cm³/mol. The highest BCUT2D eigenvalue weighted by atomic mass is 79.9. The van der Waals surface area contributed by atoms with E-state index in [9.17, 15) is 0 Å². The number of hydrogen-bond donors (Lipinski definition) is 1. The molecule has 108 valence electrons. The molecule has 2 rings (SSSR count). The Morgan fingerprint density at radius 1 is 1.35 bits per heavy atom. The van der Waals surface area contributed by atoms with Gasteiger partial charge in [-0.1, -0.05) is 23.7 Å². The summed E-state index contributed by atoms with van der Waals surface area (Å²) in [5.74, 6) is 0. The van der Waals surface area contributed by atoms with Gasteiger partial charge in [0.2, 0.25) is 0 Å². The molecule has 20 heavy (non-hydrogen) atoms. The third-order valence-corrected chi connectivity index (χ3v) is 4.68. The van der Waals surface area contributed by atoms with E-state index < -0.39 is 0 Å². The van der Waals surface area contributed by atoms with Gasteiger partial charge in [-0.25, -0.2) is 0 Å². The number of aryl methyl sites for hydroxylation is 2. The summed E-state index contributed by atoms with van der Waals surface area (Å²) in [6.07, 6.45) is 0. The number of aromatic nitrogens is 2. The second-order valence-electron chi connectivity index (χ2n) is 4.82. The van der Waals surface area contributed by atoms with Crippen LogP contribution in [0.2, 0.25) is 5.02 Å². The molecular weight excluding hydrogens is 338 g/mol. The van der Waals surface area contributed by atoms with Crippen LogP contribution in [-0.2, 0) is 13.1 Å². The van der Waals surface area contributed by atoms with Crippen molar-refractivity contribution in [1.82, 2.24) is 15.1 Å². The molecule has 1 heterocycles. The third-order valence-electron chi connectivity index (χ3n) is 3.40. The molecule has 1 atom stereocenters. The quantitative estimate of drug-likeness (QED) is 0.856. The van der Waals surface area contributed by atoms with Crippen LogP contribution in [-0.4, -0.2) is 9.78 Å². The summed E-state index contributed by atoms with van der Waals surface area (Å²) < 4.78 is 3.12. The van der Waals surface area contributed by atoms with Gasteiger partial charge in [0.1, 0.15) is 0 Å². The van der Waals surface area contributed by atoms with Crippen molar-refractivity contribution in [1.29, 1.82) is 0 Å². The molecular formula is C15H19BrClN3. The fraction of sp³-hybridized carbons (Fsp3) is 0.400. The van der Waals surface area contributed by atoms with Crippen LogP contribution < -0.4 is 5.32 Å². The minimum atomic E-state index is 0.264. The number of rotatable bonds is 5. The van der Waals surface area contributed by atoms with Crippen LogP contribution in [0.15, 0.2) is 28.7 Å². The van der Waals surface area contributed by atoms with Crippen LogP contribution >= 0.6 is 27.5 Å². The van der Waals surface area contributed by atoms with E-state index in [1.54, 1.807) is 0 Å². The first-order chi connectivity index (χ1) is 9.52. The maximum absolute atomic E-state index is 5.91. The molecule has 1 aromatic carbocycles. The topological polar surface area (TPSA) is 29.9 Å². The van der Waals surface area contributed by atoms with Crippen LogP contribution in [0.5, 0.6) is 0 Å². The number of nitrogens with zero attached hydrogens (tertiary/aromatic N) is 2. The lowest BCUT2D eigenvalue weighted by molar-refractivity contribution is 0.530. The van der Waals surface area contributed by atoms with Crippen LogP contribution in [0.4, 0.5) is 0 Å². The lowest BCUT2D eigenvalue weighted by Gasteiger charge is -2.15. The van der Waals surface area contributed by atoms with E-state index in [4.69, 9.17) is 11.6 Å². The molecule has 0 saturated heterocycles. The molecule has 0 saturated carbocycles. The Morgan fingerprint density at radius 2 is 2.00 bits per heavy atom. The molecule has 0 spiro atoms. The molecule has 0 unspecified atom stereocenters. The van der Waals surface area contributed by atoms with Crippen LogP contribution in [0, 0.1) is 6.92 Å². The second-order valence-corrected chi connectivity index (χ2v) is 6.05. The number of hydrogen-bond acceptors (Lipinski definition) is 2. The Labute approximate surface area is 133 Å². The van der Waals surface area contributed by atoms with Crippen molar-refractivity contribution in [3.05, 3.63) is 50.7 Å². The van der Waals surface area contributed by atoms with Gasteiger partial charge in [0, 0.05) is 24.2 Å². The Morgan fingerprint density at radius 3 is 2.60 bits per heavy atom. The molecule has 0 aliphatic heterocycles. The zero-order valence-corrected chi connectivity index (χ0v) is 14.3. The highest BCUT2D eigenvalue weighted by Gasteiger charge is 2.13. The van der Waals surface area contributed by atoms with Crippen molar-refractivity contribution >= 4 is 27.5 Å². The summed E-state index contributed by atoms with van der Waals surface area (Å²) in [7, 11) is 0. The molecule has 0 radical (unpaired) electrons. The van der Waals surface area contributed by atoms with Crippen LogP contribution in [0.3, 0.4) is 0 Å². The minimum Gasteiger partial charge on any atom is -0.305 e. The van der Waals surface area contributed by atoms with Crippen molar-refractivity contribution in [3.8, 4) is 0 Å². The second kappa shape index (κ2) is 6.74. The molecule has 0 fully saturated rings.